The van der Waals surface area contributed by atoms with Gasteiger partial charge in [-0.1, -0.05) is 5.10 Å². The van der Waals surface area contributed by atoms with Crippen molar-refractivity contribution in [3.8, 4) is 0 Å². The van der Waals surface area contributed by atoms with E-state index in [9.17, 15) is 14.9 Å². The first kappa shape index (κ1) is 15.7. The van der Waals surface area contributed by atoms with E-state index in [4.69, 9.17) is 0 Å². The molecular weight excluding hydrogens is 288 g/mol. The van der Waals surface area contributed by atoms with Gasteiger partial charge >= 0.3 is 5.82 Å². The van der Waals surface area contributed by atoms with Gasteiger partial charge in [-0.2, -0.15) is 5.10 Å². The Hall–Kier alpha value is -2.71. The zero-order valence-corrected chi connectivity index (χ0v) is 12.7. The standard InChI is InChI=1S/C13H18N6O3/c1-4-17-11(5-6-14-17)10(3)15-12(20)8-18-13(19(21)22)7-9(2)16-18/h5-7,10H,4,8H2,1-3H3,(H,15,20). The average Bonchev–Trinajstić information content (AvgIpc) is 3.04. The zero-order chi connectivity index (χ0) is 16.3. The minimum Gasteiger partial charge on any atom is -0.358 e. The van der Waals surface area contributed by atoms with E-state index in [0.717, 1.165) is 10.4 Å². The lowest BCUT2D eigenvalue weighted by Gasteiger charge is -2.14. The molecule has 0 aliphatic heterocycles. The van der Waals surface area contributed by atoms with Crippen LogP contribution in [0.4, 0.5) is 5.82 Å². The quantitative estimate of drug-likeness (QED) is 0.637. The fraction of sp³-hybridized carbons (Fsp3) is 0.462. The van der Waals surface area contributed by atoms with Crippen molar-refractivity contribution in [2.75, 3.05) is 0 Å². The summed E-state index contributed by atoms with van der Waals surface area (Å²) in [6.45, 7) is 5.94. The molecule has 9 nitrogen and oxygen atoms in total. The summed E-state index contributed by atoms with van der Waals surface area (Å²) in [5, 5.41) is 21.8. The Kier molecular flexibility index (Phi) is 4.54. The normalized spacial score (nSPS) is 12.1. The van der Waals surface area contributed by atoms with Gasteiger partial charge in [-0.3, -0.25) is 9.48 Å². The molecule has 1 unspecified atom stereocenters. The monoisotopic (exact) mass is 306 g/mol. The van der Waals surface area contributed by atoms with Gasteiger partial charge in [-0.15, -0.1) is 4.68 Å². The van der Waals surface area contributed by atoms with Gasteiger partial charge in [-0.05, 0) is 31.8 Å². The molecule has 118 valence electrons. The van der Waals surface area contributed by atoms with E-state index in [1.807, 2.05) is 19.9 Å². The summed E-state index contributed by atoms with van der Waals surface area (Å²) in [5.74, 6) is -0.540. The number of rotatable bonds is 6. The number of carbonyl (C=O) groups is 1. The molecule has 0 aromatic carbocycles. The second-order valence-corrected chi connectivity index (χ2v) is 4.92. The van der Waals surface area contributed by atoms with Gasteiger partial charge in [0, 0.05) is 12.7 Å². The van der Waals surface area contributed by atoms with E-state index in [1.165, 1.54) is 6.07 Å². The van der Waals surface area contributed by atoms with Crippen molar-refractivity contribution in [2.45, 2.75) is 39.9 Å². The van der Waals surface area contributed by atoms with Crippen LogP contribution in [0.25, 0.3) is 0 Å². The molecular formula is C13H18N6O3. The lowest BCUT2D eigenvalue weighted by atomic mass is 10.2. The predicted molar refractivity (Wildman–Crippen MR) is 78.1 cm³/mol. The zero-order valence-electron chi connectivity index (χ0n) is 12.7. The molecule has 1 amide bonds. The number of nitrogens with one attached hydrogen (secondary N) is 1. The maximum absolute atomic E-state index is 12.1. The van der Waals surface area contributed by atoms with Crippen LogP contribution >= 0.6 is 0 Å². The van der Waals surface area contributed by atoms with E-state index < -0.39 is 4.92 Å². The smallest absolute Gasteiger partial charge is 0.345 e. The highest BCUT2D eigenvalue weighted by molar-refractivity contribution is 5.76. The van der Waals surface area contributed by atoms with Crippen molar-refractivity contribution in [3.63, 3.8) is 0 Å². The molecule has 2 rings (SSSR count). The van der Waals surface area contributed by atoms with Crippen LogP contribution in [-0.4, -0.2) is 30.4 Å². The summed E-state index contributed by atoms with van der Waals surface area (Å²) in [6, 6.07) is 2.92. The molecule has 2 heterocycles. The summed E-state index contributed by atoms with van der Waals surface area (Å²) in [5.41, 5.74) is 1.37. The minimum atomic E-state index is -0.553. The SMILES string of the molecule is CCn1nccc1C(C)NC(=O)Cn1nc(C)cc1[N+](=O)[O-]. The number of amides is 1. The van der Waals surface area contributed by atoms with Gasteiger partial charge in [0.1, 0.15) is 0 Å². The molecule has 2 aromatic rings. The molecule has 0 radical (unpaired) electrons. The van der Waals surface area contributed by atoms with E-state index >= 15 is 0 Å². The van der Waals surface area contributed by atoms with Crippen LogP contribution in [0.15, 0.2) is 18.3 Å². The minimum absolute atomic E-state index is 0.195. The molecule has 0 aliphatic rings. The van der Waals surface area contributed by atoms with Crippen molar-refractivity contribution in [1.82, 2.24) is 24.9 Å². The summed E-state index contributed by atoms with van der Waals surface area (Å²) in [7, 11) is 0. The summed E-state index contributed by atoms with van der Waals surface area (Å²) < 4.78 is 2.87. The van der Waals surface area contributed by atoms with Crippen LogP contribution in [-0.2, 0) is 17.9 Å². The van der Waals surface area contributed by atoms with Crippen molar-refractivity contribution < 1.29 is 9.72 Å². The van der Waals surface area contributed by atoms with E-state index in [1.54, 1.807) is 17.8 Å². The first-order valence-electron chi connectivity index (χ1n) is 6.92. The maximum Gasteiger partial charge on any atom is 0.345 e. The molecule has 1 atom stereocenters. The Morgan fingerprint density at radius 2 is 2.23 bits per heavy atom. The molecule has 2 aromatic heterocycles. The van der Waals surface area contributed by atoms with Gasteiger partial charge < -0.3 is 15.4 Å². The van der Waals surface area contributed by atoms with Gasteiger partial charge in [-0.25, -0.2) is 0 Å². The summed E-state index contributed by atoms with van der Waals surface area (Å²) in [4.78, 5) is 22.4. The highest BCUT2D eigenvalue weighted by Gasteiger charge is 2.21. The third-order valence-electron chi connectivity index (χ3n) is 3.23. The van der Waals surface area contributed by atoms with Gasteiger partial charge in [0.05, 0.1) is 23.5 Å². The van der Waals surface area contributed by atoms with Crippen LogP contribution in [0.2, 0.25) is 0 Å². The largest absolute Gasteiger partial charge is 0.358 e. The topological polar surface area (TPSA) is 108 Å². The van der Waals surface area contributed by atoms with Crippen LogP contribution in [0.5, 0.6) is 0 Å². The second kappa shape index (κ2) is 6.37. The van der Waals surface area contributed by atoms with Crippen LogP contribution in [0.1, 0.15) is 31.3 Å². The van der Waals surface area contributed by atoms with Crippen molar-refractivity contribution in [2.24, 2.45) is 0 Å². The first-order valence-corrected chi connectivity index (χ1v) is 6.92. The average molecular weight is 306 g/mol. The van der Waals surface area contributed by atoms with Gasteiger partial charge in [0.15, 0.2) is 6.54 Å². The molecule has 0 saturated carbocycles. The lowest BCUT2D eigenvalue weighted by molar-refractivity contribution is -0.392. The fourth-order valence-electron chi connectivity index (χ4n) is 2.27. The molecule has 9 heteroatoms. The Morgan fingerprint density at radius 1 is 1.50 bits per heavy atom. The lowest BCUT2D eigenvalue weighted by Crippen LogP contribution is -2.31. The molecule has 0 fully saturated rings. The predicted octanol–water partition coefficient (Wildman–Crippen LogP) is 1.19. The summed E-state index contributed by atoms with van der Waals surface area (Å²) in [6.07, 6.45) is 1.67. The van der Waals surface area contributed by atoms with Gasteiger partial charge in [0.2, 0.25) is 0 Å². The number of aryl methyl sites for hydroxylation is 2. The van der Waals surface area contributed by atoms with Crippen molar-refractivity contribution >= 4 is 11.7 Å². The van der Waals surface area contributed by atoms with Crippen molar-refractivity contribution in [1.29, 1.82) is 0 Å². The van der Waals surface area contributed by atoms with E-state index in [2.05, 4.69) is 15.5 Å². The Labute approximate surface area is 127 Å². The molecule has 22 heavy (non-hydrogen) atoms. The Morgan fingerprint density at radius 3 is 2.86 bits per heavy atom. The molecule has 1 N–H and O–H groups in total. The number of hydrogen-bond acceptors (Lipinski definition) is 5. The van der Waals surface area contributed by atoms with Crippen molar-refractivity contribution in [3.05, 3.63) is 39.8 Å². The molecule has 0 spiro atoms. The number of aromatic nitrogens is 4. The van der Waals surface area contributed by atoms with E-state index in [-0.39, 0.29) is 24.3 Å². The number of carbonyl (C=O) groups excluding carboxylic acids is 1. The van der Waals surface area contributed by atoms with E-state index in [0.29, 0.717) is 12.2 Å². The molecule has 0 aliphatic carbocycles. The molecule has 0 saturated heterocycles. The number of nitro groups is 1. The summed E-state index contributed by atoms with van der Waals surface area (Å²) >= 11 is 0. The third-order valence-corrected chi connectivity index (χ3v) is 3.23. The van der Waals surface area contributed by atoms with Crippen LogP contribution in [0.3, 0.4) is 0 Å². The number of nitrogens with zero attached hydrogens (tertiary/aromatic N) is 5. The van der Waals surface area contributed by atoms with Gasteiger partial charge in [0.25, 0.3) is 5.91 Å². The molecule has 0 bridgehead atoms. The van der Waals surface area contributed by atoms with Crippen LogP contribution in [0, 0.1) is 17.0 Å². The Bertz CT molecular complexity index is 690. The van der Waals surface area contributed by atoms with Crippen LogP contribution < -0.4 is 5.32 Å². The first-order chi connectivity index (χ1) is 10.4. The fourth-order valence-corrected chi connectivity index (χ4v) is 2.27. The highest BCUT2D eigenvalue weighted by Crippen LogP contribution is 2.14. The second-order valence-electron chi connectivity index (χ2n) is 4.92. The number of hydrogen-bond donors (Lipinski definition) is 1. The third kappa shape index (κ3) is 3.30. The Balaban J connectivity index is 2.06. The maximum atomic E-state index is 12.1. The highest BCUT2D eigenvalue weighted by atomic mass is 16.6.